The summed E-state index contributed by atoms with van der Waals surface area (Å²) in [6.45, 7) is 0.685. The lowest BCUT2D eigenvalue weighted by Crippen LogP contribution is -2.04. The maximum absolute atomic E-state index is 14.2. The second kappa shape index (κ2) is 8.74. The molecular weight excluding hydrogens is 405 g/mol. The lowest BCUT2D eigenvalue weighted by atomic mass is 10.1. The van der Waals surface area contributed by atoms with Crippen LogP contribution in [0.25, 0.3) is 22.2 Å². The lowest BCUT2D eigenvalue weighted by Gasteiger charge is -2.11. The zero-order chi connectivity index (χ0) is 21.0. The first kappa shape index (κ1) is 19.5. The Bertz CT molecular complexity index is 1320. The highest BCUT2D eigenvalue weighted by Crippen LogP contribution is 2.30. The summed E-state index contributed by atoms with van der Waals surface area (Å²) in [5.74, 6) is 1.33. The fourth-order valence-electron chi connectivity index (χ4n) is 3.70. The average molecular weight is 426 g/mol. The predicted molar refractivity (Wildman–Crippen MR) is 124 cm³/mol. The normalized spacial score (nSPS) is 11.1. The molecular formula is C26H20FN3S. The lowest BCUT2D eigenvalue weighted by molar-refractivity contribution is 0.639. The molecule has 0 aliphatic heterocycles. The van der Waals surface area contributed by atoms with Crippen LogP contribution in [-0.2, 0) is 12.3 Å². The van der Waals surface area contributed by atoms with Gasteiger partial charge in [0.15, 0.2) is 11.0 Å². The van der Waals surface area contributed by atoms with Crippen molar-refractivity contribution in [3.63, 3.8) is 0 Å². The Kier molecular flexibility index (Phi) is 5.50. The molecule has 5 aromatic rings. The molecule has 1 heterocycles. The number of benzene rings is 4. The van der Waals surface area contributed by atoms with Crippen LogP contribution in [0.3, 0.4) is 0 Å². The van der Waals surface area contributed by atoms with Crippen LogP contribution in [0.15, 0.2) is 102 Å². The van der Waals surface area contributed by atoms with E-state index in [1.54, 1.807) is 17.8 Å². The quantitative estimate of drug-likeness (QED) is 0.288. The Hall–Kier alpha value is -3.44. The van der Waals surface area contributed by atoms with Crippen LogP contribution in [0.1, 0.15) is 11.1 Å². The molecule has 1 aromatic heterocycles. The van der Waals surface area contributed by atoms with Crippen molar-refractivity contribution in [2.75, 3.05) is 0 Å². The molecule has 152 valence electrons. The Balaban J connectivity index is 1.50. The number of nitrogens with zero attached hydrogens (tertiary/aromatic N) is 3. The van der Waals surface area contributed by atoms with Gasteiger partial charge < -0.3 is 0 Å². The second-order valence-electron chi connectivity index (χ2n) is 7.28. The number of thioether (sulfide) groups is 1. The minimum Gasteiger partial charge on any atom is -0.298 e. The molecule has 31 heavy (non-hydrogen) atoms. The molecule has 5 rings (SSSR count). The second-order valence-corrected chi connectivity index (χ2v) is 8.23. The largest absolute Gasteiger partial charge is 0.298 e. The average Bonchev–Trinajstić information content (AvgIpc) is 3.22. The van der Waals surface area contributed by atoms with Gasteiger partial charge in [0.05, 0.1) is 6.54 Å². The van der Waals surface area contributed by atoms with E-state index in [-0.39, 0.29) is 5.82 Å². The van der Waals surface area contributed by atoms with Gasteiger partial charge in [-0.3, -0.25) is 4.57 Å². The topological polar surface area (TPSA) is 30.7 Å². The minimum absolute atomic E-state index is 0.192. The van der Waals surface area contributed by atoms with Gasteiger partial charge in [-0.1, -0.05) is 103 Å². The molecule has 0 N–H and O–H groups in total. The van der Waals surface area contributed by atoms with Crippen LogP contribution < -0.4 is 0 Å². The van der Waals surface area contributed by atoms with Crippen molar-refractivity contribution >= 4 is 22.5 Å². The van der Waals surface area contributed by atoms with E-state index in [0.29, 0.717) is 17.7 Å². The molecule has 0 amide bonds. The number of rotatable bonds is 6. The minimum atomic E-state index is -0.192. The Morgan fingerprint density at radius 2 is 1.39 bits per heavy atom. The standard InChI is InChI=1S/C26H20FN3S/c27-24-16-15-21(22-13-7-8-14-23(22)24)18-31-26-29-28-25(20-11-5-2-6-12-20)30(26)17-19-9-3-1-4-10-19/h1-16H,17-18H2. The maximum Gasteiger partial charge on any atom is 0.192 e. The van der Waals surface area contributed by atoms with Crippen molar-refractivity contribution in [2.24, 2.45) is 0 Å². The summed E-state index contributed by atoms with van der Waals surface area (Å²) in [6, 6.07) is 31.4. The van der Waals surface area contributed by atoms with Gasteiger partial charge >= 0.3 is 0 Å². The van der Waals surface area contributed by atoms with Crippen LogP contribution in [0.4, 0.5) is 4.39 Å². The third-order valence-electron chi connectivity index (χ3n) is 5.25. The van der Waals surface area contributed by atoms with Gasteiger partial charge in [-0.15, -0.1) is 10.2 Å². The summed E-state index contributed by atoms with van der Waals surface area (Å²) in [7, 11) is 0. The summed E-state index contributed by atoms with van der Waals surface area (Å²) in [5, 5.41) is 11.4. The maximum atomic E-state index is 14.2. The predicted octanol–water partition coefficient (Wildman–Crippen LogP) is 6.58. The van der Waals surface area contributed by atoms with Gasteiger partial charge in [0.1, 0.15) is 5.82 Å². The van der Waals surface area contributed by atoms with Crippen molar-refractivity contribution < 1.29 is 4.39 Å². The zero-order valence-electron chi connectivity index (χ0n) is 16.8. The van der Waals surface area contributed by atoms with E-state index in [4.69, 9.17) is 0 Å². The highest BCUT2D eigenvalue weighted by molar-refractivity contribution is 7.98. The molecule has 5 heteroatoms. The Morgan fingerprint density at radius 1 is 0.710 bits per heavy atom. The fraction of sp³-hybridized carbons (Fsp3) is 0.0769. The summed E-state index contributed by atoms with van der Waals surface area (Å²) in [6.07, 6.45) is 0. The first-order valence-electron chi connectivity index (χ1n) is 10.1. The number of fused-ring (bicyclic) bond motifs is 1. The molecule has 0 bridgehead atoms. The van der Waals surface area contributed by atoms with Crippen molar-refractivity contribution in [3.05, 3.63) is 114 Å². The summed E-state index contributed by atoms with van der Waals surface area (Å²) in [5.41, 5.74) is 3.30. The van der Waals surface area contributed by atoms with Gasteiger partial charge in [-0.2, -0.15) is 0 Å². The van der Waals surface area contributed by atoms with Crippen LogP contribution in [0, 0.1) is 5.82 Å². The SMILES string of the molecule is Fc1ccc(CSc2nnc(-c3ccccc3)n2Cc2ccccc2)c2ccccc12. The molecule has 0 saturated heterocycles. The molecule has 0 radical (unpaired) electrons. The van der Waals surface area contributed by atoms with Gasteiger partial charge in [-0.05, 0) is 22.6 Å². The Labute approximate surface area is 184 Å². The van der Waals surface area contributed by atoms with E-state index in [1.165, 1.54) is 5.56 Å². The molecule has 0 spiro atoms. The van der Waals surface area contributed by atoms with Crippen molar-refractivity contribution in [2.45, 2.75) is 17.5 Å². The van der Waals surface area contributed by atoms with E-state index in [9.17, 15) is 4.39 Å². The molecule has 0 aliphatic rings. The van der Waals surface area contributed by atoms with E-state index < -0.39 is 0 Å². The third kappa shape index (κ3) is 4.09. The van der Waals surface area contributed by atoms with Gasteiger partial charge in [0.2, 0.25) is 0 Å². The van der Waals surface area contributed by atoms with E-state index in [1.807, 2.05) is 78.9 Å². The Morgan fingerprint density at radius 3 is 2.16 bits per heavy atom. The molecule has 3 nitrogen and oxygen atoms in total. The molecule has 0 saturated carbocycles. The molecule has 0 fully saturated rings. The van der Waals surface area contributed by atoms with Crippen LogP contribution in [0.2, 0.25) is 0 Å². The highest BCUT2D eigenvalue weighted by atomic mass is 32.2. The van der Waals surface area contributed by atoms with E-state index in [0.717, 1.165) is 27.5 Å². The van der Waals surface area contributed by atoms with Gasteiger partial charge in [0, 0.05) is 16.7 Å². The van der Waals surface area contributed by atoms with Crippen molar-refractivity contribution in [1.82, 2.24) is 14.8 Å². The summed E-state index contributed by atoms with van der Waals surface area (Å²) < 4.78 is 16.3. The summed E-state index contributed by atoms with van der Waals surface area (Å²) >= 11 is 1.62. The first-order chi connectivity index (χ1) is 15.3. The van der Waals surface area contributed by atoms with Crippen LogP contribution in [0.5, 0.6) is 0 Å². The fourth-order valence-corrected chi connectivity index (χ4v) is 4.64. The number of halogens is 1. The third-order valence-corrected chi connectivity index (χ3v) is 6.27. The first-order valence-corrected chi connectivity index (χ1v) is 11.1. The molecule has 4 aromatic carbocycles. The van der Waals surface area contributed by atoms with Crippen LogP contribution >= 0.6 is 11.8 Å². The highest BCUT2D eigenvalue weighted by Gasteiger charge is 2.16. The molecule has 0 aliphatic carbocycles. The van der Waals surface area contributed by atoms with E-state index in [2.05, 4.69) is 26.9 Å². The van der Waals surface area contributed by atoms with Crippen molar-refractivity contribution in [3.8, 4) is 11.4 Å². The van der Waals surface area contributed by atoms with Crippen molar-refractivity contribution in [1.29, 1.82) is 0 Å². The van der Waals surface area contributed by atoms with Gasteiger partial charge in [0.25, 0.3) is 0 Å². The number of hydrogen-bond acceptors (Lipinski definition) is 3. The van der Waals surface area contributed by atoms with Crippen LogP contribution in [-0.4, -0.2) is 14.8 Å². The number of aromatic nitrogens is 3. The van der Waals surface area contributed by atoms with E-state index >= 15 is 0 Å². The zero-order valence-corrected chi connectivity index (χ0v) is 17.6. The smallest absolute Gasteiger partial charge is 0.192 e. The van der Waals surface area contributed by atoms with Gasteiger partial charge in [-0.25, -0.2) is 4.39 Å². The molecule has 0 atom stereocenters. The summed E-state index contributed by atoms with van der Waals surface area (Å²) in [4.78, 5) is 0. The monoisotopic (exact) mass is 425 g/mol. The number of hydrogen-bond donors (Lipinski definition) is 0. The molecule has 0 unspecified atom stereocenters.